The van der Waals surface area contributed by atoms with Gasteiger partial charge in [0.25, 0.3) is 0 Å². The monoisotopic (exact) mass is 206 g/mol. The number of rotatable bonds is 5. The highest BCUT2D eigenvalue weighted by molar-refractivity contribution is 5.12. The fraction of sp³-hybridized carbons (Fsp3) is 0.615. The van der Waals surface area contributed by atoms with E-state index < -0.39 is 0 Å². The van der Waals surface area contributed by atoms with Crippen molar-refractivity contribution in [1.29, 1.82) is 0 Å². The van der Waals surface area contributed by atoms with Gasteiger partial charge in [-0.15, -0.1) is 0 Å². The highest BCUT2D eigenvalue weighted by Gasteiger charge is 2.14. The smallest absolute Gasteiger partial charge is 0.0315 e. The van der Waals surface area contributed by atoms with Gasteiger partial charge in [-0.05, 0) is 30.9 Å². The predicted molar refractivity (Wildman–Crippen MR) is 64.7 cm³/mol. The molecule has 0 amide bonds. The molecule has 0 aliphatic carbocycles. The first-order valence-electron chi connectivity index (χ1n) is 5.81. The summed E-state index contributed by atoms with van der Waals surface area (Å²) in [6.07, 6.45) is 4.92. The van der Waals surface area contributed by atoms with Gasteiger partial charge in [0, 0.05) is 24.5 Å². The topological polar surface area (TPSA) is 24.9 Å². The van der Waals surface area contributed by atoms with Crippen LogP contribution in [0.3, 0.4) is 0 Å². The van der Waals surface area contributed by atoms with Gasteiger partial charge in [0.05, 0.1) is 0 Å². The van der Waals surface area contributed by atoms with E-state index in [1.807, 2.05) is 18.5 Å². The fourth-order valence-corrected chi connectivity index (χ4v) is 1.83. The van der Waals surface area contributed by atoms with Crippen LogP contribution in [0.5, 0.6) is 0 Å². The van der Waals surface area contributed by atoms with E-state index >= 15 is 0 Å². The average Bonchev–Trinajstić information content (AvgIpc) is 2.26. The zero-order valence-corrected chi connectivity index (χ0v) is 10.2. The number of nitrogens with one attached hydrogen (secondary N) is 1. The van der Waals surface area contributed by atoms with Crippen molar-refractivity contribution in [3.05, 3.63) is 30.1 Å². The van der Waals surface area contributed by atoms with Gasteiger partial charge in [-0.3, -0.25) is 4.98 Å². The number of aromatic nitrogens is 1. The van der Waals surface area contributed by atoms with Crippen LogP contribution in [0, 0.1) is 5.92 Å². The summed E-state index contributed by atoms with van der Waals surface area (Å²) >= 11 is 0. The minimum Gasteiger partial charge on any atom is -0.307 e. The zero-order valence-electron chi connectivity index (χ0n) is 10.2. The van der Waals surface area contributed by atoms with E-state index in [-0.39, 0.29) is 0 Å². The lowest BCUT2D eigenvalue weighted by Crippen LogP contribution is -2.35. The second-order valence-electron chi connectivity index (χ2n) is 4.43. The molecule has 1 rings (SSSR count). The van der Waals surface area contributed by atoms with Crippen LogP contribution >= 0.6 is 0 Å². The molecule has 0 unspecified atom stereocenters. The predicted octanol–water partition coefficient (Wildman–Crippen LogP) is 3.17. The third kappa shape index (κ3) is 3.63. The molecule has 1 aromatic heterocycles. The Bertz CT molecular complexity index is 269. The van der Waals surface area contributed by atoms with Gasteiger partial charge in [-0.1, -0.05) is 26.8 Å². The molecule has 0 fully saturated rings. The third-order valence-electron chi connectivity index (χ3n) is 2.89. The molecule has 1 N–H and O–H groups in total. The summed E-state index contributed by atoms with van der Waals surface area (Å²) in [4.78, 5) is 4.14. The van der Waals surface area contributed by atoms with E-state index in [0.29, 0.717) is 18.0 Å². The van der Waals surface area contributed by atoms with Crippen LogP contribution in [0.1, 0.15) is 45.7 Å². The number of nitrogens with zero attached hydrogens (tertiary/aromatic N) is 1. The SMILES string of the molecule is CC[C@H](N[C@H](C)c1cccnc1)C(C)C. The minimum absolute atomic E-state index is 0.381. The maximum absolute atomic E-state index is 4.14. The van der Waals surface area contributed by atoms with Gasteiger partial charge >= 0.3 is 0 Å². The molecular formula is C13H22N2. The molecule has 0 spiro atoms. The van der Waals surface area contributed by atoms with E-state index in [9.17, 15) is 0 Å². The first kappa shape index (κ1) is 12.2. The summed E-state index contributed by atoms with van der Waals surface area (Å²) in [5.41, 5.74) is 1.26. The summed E-state index contributed by atoms with van der Waals surface area (Å²) in [6.45, 7) is 8.95. The molecular weight excluding hydrogens is 184 g/mol. The van der Waals surface area contributed by atoms with Gasteiger partial charge in [-0.25, -0.2) is 0 Å². The van der Waals surface area contributed by atoms with Crippen LogP contribution in [-0.4, -0.2) is 11.0 Å². The van der Waals surface area contributed by atoms with Crippen LogP contribution in [0.4, 0.5) is 0 Å². The molecule has 2 heteroatoms. The lowest BCUT2D eigenvalue weighted by Gasteiger charge is -2.25. The largest absolute Gasteiger partial charge is 0.307 e. The molecule has 0 radical (unpaired) electrons. The van der Waals surface area contributed by atoms with Crippen molar-refractivity contribution in [2.75, 3.05) is 0 Å². The van der Waals surface area contributed by atoms with Gasteiger partial charge < -0.3 is 5.32 Å². The molecule has 0 aliphatic heterocycles. The van der Waals surface area contributed by atoms with Crippen LogP contribution < -0.4 is 5.32 Å². The Morgan fingerprint density at radius 2 is 2.07 bits per heavy atom. The maximum atomic E-state index is 4.14. The minimum atomic E-state index is 0.381. The summed E-state index contributed by atoms with van der Waals surface area (Å²) in [7, 11) is 0. The van der Waals surface area contributed by atoms with Crippen molar-refractivity contribution in [3.63, 3.8) is 0 Å². The molecule has 0 saturated carbocycles. The van der Waals surface area contributed by atoms with Crippen LogP contribution in [-0.2, 0) is 0 Å². The van der Waals surface area contributed by atoms with Crippen molar-refractivity contribution in [2.45, 2.75) is 46.2 Å². The van der Waals surface area contributed by atoms with Crippen molar-refractivity contribution >= 4 is 0 Å². The average molecular weight is 206 g/mol. The van der Waals surface area contributed by atoms with E-state index in [1.165, 1.54) is 12.0 Å². The van der Waals surface area contributed by atoms with Crippen molar-refractivity contribution in [1.82, 2.24) is 10.3 Å². The highest BCUT2D eigenvalue weighted by Crippen LogP contribution is 2.15. The Hall–Kier alpha value is -0.890. The molecule has 0 saturated heterocycles. The molecule has 0 aromatic carbocycles. The molecule has 1 heterocycles. The van der Waals surface area contributed by atoms with Crippen molar-refractivity contribution < 1.29 is 0 Å². The van der Waals surface area contributed by atoms with E-state index in [4.69, 9.17) is 0 Å². The molecule has 1 aromatic rings. The highest BCUT2D eigenvalue weighted by atomic mass is 14.9. The van der Waals surface area contributed by atoms with E-state index in [0.717, 1.165) is 0 Å². The second-order valence-corrected chi connectivity index (χ2v) is 4.43. The Morgan fingerprint density at radius 3 is 2.53 bits per heavy atom. The van der Waals surface area contributed by atoms with Crippen molar-refractivity contribution in [3.8, 4) is 0 Å². The molecule has 2 nitrogen and oxygen atoms in total. The van der Waals surface area contributed by atoms with Gasteiger partial charge in [-0.2, -0.15) is 0 Å². The zero-order chi connectivity index (χ0) is 11.3. The Labute approximate surface area is 93.1 Å². The van der Waals surface area contributed by atoms with Crippen LogP contribution in [0.2, 0.25) is 0 Å². The quantitative estimate of drug-likeness (QED) is 0.800. The van der Waals surface area contributed by atoms with Gasteiger partial charge in [0.15, 0.2) is 0 Å². The van der Waals surface area contributed by atoms with Crippen molar-refractivity contribution in [2.24, 2.45) is 5.92 Å². The van der Waals surface area contributed by atoms with Gasteiger partial charge in [0.1, 0.15) is 0 Å². The molecule has 2 atom stereocenters. The van der Waals surface area contributed by atoms with Gasteiger partial charge in [0.2, 0.25) is 0 Å². The first-order chi connectivity index (χ1) is 7.15. The van der Waals surface area contributed by atoms with Crippen LogP contribution in [0.25, 0.3) is 0 Å². The summed E-state index contributed by atoms with van der Waals surface area (Å²) < 4.78 is 0. The molecule has 0 bridgehead atoms. The normalized spacial score (nSPS) is 15.3. The lowest BCUT2D eigenvalue weighted by atomic mass is 9.99. The molecule has 84 valence electrons. The second kappa shape index (κ2) is 5.86. The van der Waals surface area contributed by atoms with Crippen LogP contribution in [0.15, 0.2) is 24.5 Å². The molecule has 0 aliphatic rings. The summed E-state index contributed by atoms with van der Waals surface area (Å²) in [5.74, 6) is 0.675. The van der Waals surface area contributed by atoms with E-state index in [1.54, 1.807) is 0 Å². The van der Waals surface area contributed by atoms with E-state index in [2.05, 4.69) is 44.1 Å². The number of pyridine rings is 1. The standard InChI is InChI=1S/C13H22N2/c1-5-13(10(2)3)15-11(4)12-7-6-8-14-9-12/h6-11,13,15H,5H2,1-4H3/t11-,13+/m1/s1. The maximum Gasteiger partial charge on any atom is 0.0315 e. The number of hydrogen-bond donors (Lipinski definition) is 1. The lowest BCUT2D eigenvalue weighted by molar-refractivity contribution is 0.355. The summed E-state index contributed by atoms with van der Waals surface area (Å²) in [5, 5.41) is 3.64. The Kier molecular flexibility index (Phi) is 4.76. The Balaban J connectivity index is 2.58. The third-order valence-corrected chi connectivity index (χ3v) is 2.89. The first-order valence-corrected chi connectivity index (χ1v) is 5.81. The summed E-state index contributed by atoms with van der Waals surface area (Å²) in [6, 6.07) is 5.08. The Morgan fingerprint density at radius 1 is 1.33 bits per heavy atom. The fourth-order valence-electron chi connectivity index (χ4n) is 1.83. The molecule has 15 heavy (non-hydrogen) atoms. The number of hydrogen-bond acceptors (Lipinski definition) is 2.